The maximum absolute atomic E-state index is 13.7. The fourth-order valence-electron chi connectivity index (χ4n) is 1.44. The lowest BCUT2D eigenvalue weighted by Crippen LogP contribution is -1.99. The minimum absolute atomic E-state index is 0.0272. The number of nitrogens with zero attached hydrogens (tertiary/aromatic N) is 2. The summed E-state index contributed by atoms with van der Waals surface area (Å²) in [5, 5.41) is 12.6. The number of hydrogen-bond acceptors (Lipinski definition) is 2. The first-order chi connectivity index (χ1) is 7.02. The van der Waals surface area contributed by atoms with Crippen LogP contribution in [-0.4, -0.2) is 20.9 Å². The van der Waals surface area contributed by atoms with Crippen LogP contribution in [0.2, 0.25) is 0 Å². The molecule has 0 aliphatic carbocycles. The van der Waals surface area contributed by atoms with E-state index in [4.69, 9.17) is 5.11 Å². The van der Waals surface area contributed by atoms with E-state index >= 15 is 0 Å². The molecule has 0 aliphatic rings. The summed E-state index contributed by atoms with van der Waals surface area (Å²) in [6, 6.07) is 3.13. The maximum atomic E-state index is 13.7. The highest BCUT2D eigenvalue weighted by atomic mass is 79.9. The Morgan fingerprint density at radius 1 is 1.60 bits per heavy atom. The van der Waals surface area contributed by atoms with Gasteiger partial charge in [0.2, 0.25) is 0 Å². The van der Waals surface area contributed by atoms with Crippen molar-refractivity contribution in [3.8, 4) is 0 Å². The van der Waals surface area contributed by atoms with Crippen LogP contribution in [0.3, 0.4) is 0 Å². The average molecular weight is 273 g/mol. The number of aryl methyl sites for hydroxylation is 1. The Morgan fingerprint density at radius 2 is 2.27 bits per heavy atom. The molecule has 15 heavy (non-hydrogen) atoms. The topological polar surface area (TPSA) is 55.1 Å². The molecular weight excluding hydrogens is 267 g/mol. The summed E-state index contributed by atoms with van der Waals surface area (Å²) in [6.45, 7) is 0. The van der Waals surface area contributed by atoms with Crippen molar-refractivity contribution in [2.45, 2.75) is 0 Å². The largest absolute Gasteiger partial charge is 0.476 e. The number of halogens is 2. The zero-order chi connectivity index (χ0) is 11.2. The first-order valence-electron chi connectivity index (χ1n) is 4.06. The molecule has 4 nitrogen and oxygen atoms in total. The molecule has 1 aromatic heterocycles. The fraction of sp³-hybridized carbons (Fsp3) is 0.111. The molecule has 1 heterocycles. The van der Waals surface area contributed by atoms with Gasteiger partial charge in [-0.1, -0.05) is 0 Å². The van der Waals surface area contributed by atoms with Crippen molar-refractivity contribution >= 4 is 32.8 Å². The molecule has 0 saturated heterocycles. The van der Waals surface area contributed by atoms with Crippen LogP contribution in [0, 0.1) is 5.82 Å². The molecular formula is C9H6BrFN2O2. The fourth-order valence-corrected chi connectivity index (χ4v) is 1.77. The summed E-state index contributed by atoms with van der Waals surface area (Å²) in [5.41, 5.74) is 0.180. The highest BCUT2D eigenvalue weighted by Gasteiger charge is 2.19. The van der Waals surface area contributed by atoms with Crippen molar-refractivity contribution in [3.63, 3.8) is 0 Å². The number of rotatable bonds is 1. The molecule has 78 valence electrons. The number of aromatic nitrogens is 2. The van der Waals surface area contributed by atoms with Crippen LogP contribution >= 0.6 is 15.9 Å². The number of hydrogen-bond donors (Lipinski definition) is 1. The highest BCUT2D eigenvalue weighted by molar-refractivity contribution is 9.10. The van der Waals surface area contributed by atoms with E-state index in [9.17, 15) is 9.18 Å². The van der Waals surface area contributed by atoms with Gasteiger partial charge in [-0.3, -0.25) is 4.68 Å². The van der Waals surface area contributed by atoms with Crippen LogP contribution in [-0.2, 0) is 7.05 Å². The monoisotopic (exact) mass is 272 g/mol. The van der Waals surface area contributed by atoms with E-state index in [0.717, 1.165) is 0 Å². The lowest BCUT2D eigenvalue weighted by atomic mass is 10.2. The van der Waals surface area contributed by atoms with Crippen LogP contribution in [0.15, 0.2) is 16.6 Å². The Balaban J connectivity index is 2.95. The van der Waals surface area contributed by atoms with Gasteiger partial charge in [0.15, 0.2) is 5.69 Å². The first kappa shape index (κ1) is 10.1. The van der Waals surface area contributed by atoms with Gasteiger partial charge in [0.05, 0.1) is 15.4 Å². The standard InChI is InChI=1S/C9H6BrFN2O2/c1-13-5-3-2-4(10)7(11)6(5)8(12-13)9(14)15/h2-3H,1H3,(H,14,15). The van der Waals surface area contributed by atoms with Crippen LogP contribution < -0.4 is 0 Å². The zero-order valence-electron chi connectivity index (χ0n) is 7.66. The molecule has 0 unspecified atom stereocenters. The van der Waals surface area contributed by atoms with Crippen LogP contribution in [0.25, 0.3) is 10.9 Å². The third-order valence-electron chi connectivity index (χ3n) is 2.11. The second kappa shape index (κ2) is 3.30. The van der Waals surface area contributed by atoms with Gasteiger partial charge in [-0.15, -0.1) is 0 Å². The van der Waals surface area contributed by atoms with Crippen molar-refractivity contribution in [2.24, 2.45) is 7.05 Å². The van der Waals surface area contributed by atoms with Crippen molar-refractivity contribution in [1.29, 1.82) is 0 Å². The summed E-state index contributed by atoms with van der Waals surface area (Å²) < 4.78 is 15.2. The second-order valence-electron chi connectivity index (χ2n) is 3.03. The molecule has 1 N–H and O–H groups in total. The number of carboxylic acid groups (broad SMARTS) is 1. The third kappa shape index (κ3) is 1.41. The summed E-state index contributed by atoms with van der Waals surface area (Å²) >= 11 is 3.00. The average Bonchev–Trinajstić information content (AvgIpc) is 2.50. The Kier molecular flexibility index (Phi) is 2.22. The molecule has 0 radical (unpaired) electrons. The number of carboxylic acids is 1. The Hall–Kier alpha value is -1.43. The summed E-state index contributed by atoms with van der Waals surface area (Å²) in [6.07, 6.45) is 0. The number of aromatic carboxylic acids is 1. The van der Waals surface area contributed by atoms with Gasteiger partial charge in [-0.05, 0) is 28.1 Å². The van der Waals surface area contributed by atoms with E-state index < -0.39 is 11.8 Å². The second-order valence-corrected chi connectivity index (χ2v) is 3.89. The van der Waals surface area contributed by atoms with Crippen molar-refractivity contribution in [3.05, 3.63) is 28.1 Å². The molecule has 0 spiro atoms. The summed E-state index contributed by atoms with van der Waals surface area (Å²) in [4.78, 5) is 10.8. The third-order valence-corrected chi connectivity index (χ3v) is 2.72. The Labute approximate surface area is 92.4 Å². The van der Waals surface area contributed by atoms with Crippen molar-refractivity contribution in [1.82, 2.24) is 9.78 Å². The van der Waals surface area contributed by atoms with E-state index in [-0.39, 0.29) is 15.6 Å². The maximum Gasteiger partial charge on any atom is 0.357 e. The predicted molar refractivity (Wildman–Crippen MR) is 55.3 cm³/mol. The quantitative estimate of drug-likeness (QED) is 0.866. The Bertz CT molecular complexity index is 565. The van der Waals surface area contributed by atoms with Gasteiger partial charge in [0.25, 0.3) is 0 Å². The highest BCUT2D eigenvalue weighted by Crippen LogP contribution is 2.27. The number of carbonyl (C=O) groups is 1. The van der Waals surface area contributed by atoms with Gasteiger partial charge in [0, 0.05) is 7.05 Å². The molecule has 0 bridgehead atoms. The number of fused-ring (bicyclic) bond motifs is 1. The molecule has 6 heteroatoms. The zero-order valence-corrected chi connectivity index (χ0v) is 9.25. The minimum Gasteiger partial charge on any atom is -0.476 e. The molecule has 2 aromatic rings. The lowest BCUT2D eigenvalue weighted by Gasteiger charge is -1.97. The minimum atomic E-state index is -1.24. The lowest BCUT2D eigenvalue weighted by molar-refractivity contribution is 0.0691. The summed E-state index contributed by atoms with van der Waals surface area (Å²) in [7, 11) is 1.57. The molecule has 1 aromatic carbocycles. The molecule has 2 rings (SSSR count). The van der Waals surface area contributed by atoms with Crippen LogP contribution in [0.5, 0.6) is 0 Å². The van der Waals surface area contributed by atoms with E-state index in [0.29, 0.717) is 5.52 Å². The summed E-state index contributed by atoms with van der Waals surface area (Å²) in [5.74, 6) is -1.84. The molecule has 0 saturated carbocycles. The van der Waals surface area contributed by atoms with Crippen LogP contribution in [0.4, 0.5) is 4.39 Å². The van der Waals surface area contributed by atoms with Crippen molar-refractivity contribution < 1.29 is 14.3 Å². The van der Waals surface area contributed by atoms with E-state index in [1.54, 1.807) is 13.1 Å². The van der Waals surface area contributed by atoms with E-state index in [1.807, 2.05) is 0 Å². The normalized spacial score (nSPS) is 10.9. The molecule has 0 atom stereocenters. The van der Waals surface area contributed by atoms with E-state index in [2.05, 4.69) is 21.0 Å². The van der Waals surface area contributed by atoms with Gasteiger partial charge >= 0.3 is 5.97 Å². The van der Waals surface area contributed by atoms with Gasteiger partial charge < -0.3 is 5.11 Å². The van der Waals surface area contributed by atoms with Crippen LogP contribution in [0.1, 0.15) is 10.5 Å². The Morgan fingerprint density at radius 3 is 2.87 bits per heavy atom. The van der Waals surface area contributed by atoms with Gasteiger partial charge in [-0.2, -0.15) is 5.10 Å². The molecule has 0 aliphatic heterocycles. The first-order valence-corrected chi connectivity index (χ1v) is 4.85. The van der Waals surface area contributed by atoms with E-state index in [1.165, 1.54) is 10.7 Å². The van der Waals surface area contributed by atoms with Gasteiger partial charge in [-0.25, -0.2) is 9.18 Å². The smallest absolute Gasteiger partial charge is 0.357 e. The van der Waals surface area contributed by atoms with Crippen molar-refractivity contribution in [2.75, 3.05) is 0 Å². The predicted octanol–water partition coefficient (Wildman–Crippen LogP) is 2.17. The SMILES string of the molecule is Cn1nc(C(=O)O)c2c(F)c(Br)ccc21. The van der Waals surface area contributed by atoms with Gasteiger partial charge in [0.1, 0.15) is 5.82 Å². The number of benzene rings is 1. The molecule has 0 amide bonds. The molecule has 0 fully saturated rings.